The number of hydrogen-bond donors (Lipinski definition) is 6. The van der Waals surface area contributed by atoms with Crippen molar-refractivity contribution in [2.45, 2.75) is 0 Å². The Kier molecular flexibility index (Phi) is 37.9. The zero-order chi connectivity index (χ0) is 13.5. The molecule has 0 heterocycles. The maximum absolute atomic E-state index is 8.74. The Morgan fingerprint density at radius 1 is 0.389 bits per heavy atom. The predicted molar refractivity (Wildman–Crippen MR) is 64.0 cm³/mol. The summed E-state index contributed by atoms with van der Waals surface area (Å²) in [6.45, 7) is 0. The van der Waals surface area contributed by atoms with Gasteiger partial charge in [0.2, 0.25) is 0 Å². The van der Waals surface area contributed by atoms with Crippen molar-refractivity contribution in [3.63, 3.8) is 0 Å². The van der Waals surface area contributed by atoms with Gasteiger partial charge in [0.1, 0.15) is 0 Å². The fourth-order valence-electron chi connectivity index (χ4n) is 0. The molecule has 0 saturated carbocycles. The van der Waals surface area contributed by atoms with Gasteiger partial charge in [0.05, 0.1) is 0 Å². The van der Waals surface area contributed by atoms with Gasteiger partial charge in [-0.3, -0.25) is 27.3 Å². The minimum atomic E-state index is -4.67. The van der Waals surface area contributed by atoms with Crippen LogP contribution in [0.15, 0.2) is 0 Å². The van der Waals surface area contributed by atoms with Crippen LogP contribution in [0.1, 0.15) is 0 Å². The quantitative estimate of drug-likeness (QED) is 0.165. The van der Waals surface area contributed by atoms with Crippen LogP contribution < -0.4 is 0 Å². The summed E-state index contributed by atoms with van der Waals surface area (Å²) in [4.78, 5) is 0. The molecule has 0 amide bonds. The van der Waals surface area contributed by atoms with Crippen molar-refractivity contribution in [1.82, 2.24) is 0 Å². The van der Waals surface area contributed by atoms with Crippen LogP contribution >= 0.6 is 0 Å². The first-order chi connectivity index (χ1) is 6.00. The van der Waals surface area contributed by atoms with E-state index < -0.39 is 31.2 Å². The van der Waals surface area contributed by atoms with E-state index in [1.165, 1.54) is 0 Å². The Morgan fingerprint density at radius 2 is 0.389 bits per heavy atom. The van der Waals surface area contributed by atoms with Gasteiger partial charge >= 0.3 is 185 Å². The Labute approximate surface area is 231 Å². The van der Waals surface area contributed by atoms with Crippen molar-refractivity contribution in [1.29, 1.82) is 0 Å². The molecular weight excluding hydrogens is 405 g/mol. The van der Waals surface area contributed by atoms with Crippen molar-refractivity contribution < 1.29 is 52.6 Å². The summed E-state index contributed by atoms with van der Waals surface area (Å²) in [6.07, 6.45) is 0. The molecule has 0 rings (SSSR count). The van der Waals surface area contributed by atoms with E-state index in [1.807, 2.05) is 0 Å². The molecule has 0 saturated heterocycles. The van der Waals surface area contributed by atoms with Crippen molar-refractivity contribution in [3.8, 4) is 0 Å². The molecule has 6 N–H and O–H groups in total. The molecule has 0 aliphatic heterocycles. The zero-order valence-corrected chi connectivity index (χ0v) is 8.81. The molecule has 0 aromatic carbocycles. The summed E-state index contributed by atoms with van der Waals surface area (Å²) in [5.41, 5.74) is 0. The molecule has 0 aromatic heterocycles. The molecule has 102 valence electrons. The van der Waals surface area contributed by atoms with E-state index >= 15 is 0 Å². The third kappa shape index (κ3) is 383. The maximum atomic E-state index is 8.74. The van der Waals surface area contributed by atoms with Crippen molar-refractivity contribution in [2.75, 3.05) is 0 Å². The third-order valence-electron chi connectivity index (χ3n) is 0. The Morgan fingerprint density at radius 3 is 0.389 bits per heavy atom. The molecule has 18 heteroatoms. The van der Waals surface area contributed by atoms with Gasteiger partial charge < -0.3 is 0 Å². The molecule has 0 fully saturated rings. The second-order valence-corrected chi connectivity index (χ2v) is 4.03. The first kappa shape index (κ1) is 38.2. The molecule has 0 atom stereocenters. The topological polar surface area (TPSA) is 224 Å². The summed E-state index contributed by atoms with van der Waals surface area (Å²) < 4.78 is 94.8. The Hall–Kier alpha value is 4.52. The van der Waals surface area contributed by atoms with Gasteiger partial charge in [-0.1, -0.05) is 0 Å². The fourth-order valence-corrected chi connectivity index (χ4v) is 0. The molecule has 0 bridgehead atoms. The average molecular weight is 415 g/mol. The number of rotatable bonds is 0. The van der Waals surface area contributed by atoms with Crippen molar-refractivity contribution in [3.05, 3.63) is 0 Å². The van der Waals surface area contributed by atoms with Crippen molar-refractivity contribution in [2.24, 2.45) is 0 Å². The van der Waals surface area contributed by atoms with Crippen LogP contribution in [0.5, 0.6) is 0 Å². The van der Waals surface area contributed by atoms with Gasteiger partial charge in [-0.05, 0) is 0 Å². The van der Waals surface area contributed by atoms with E-state index in [-0.39, 0.29) is 154 Å². The van der Waals surface area contributed by atoms with Crippen LogP contribution in [0.2, 0.25) is 0 Å². The van der Waals surface area contributed by atoms with Crippen LogP contribution in [-0.2, 0) is 31.2 Å². The third-order valence-corrected chi connectivity index (χ3v) is 0. The zero-order valence-electron chi connectivity index (χ0n) is 6.36. The molecule has 0 aromatic rings. The van der Waals surface area contributed by atoms with E-state index in [4.69, 9.17) is 52.6 Å². The van der Waals surface area contributed by atoms with Crippen LogP contribution in [0.4, 0.5) is 0 Å². The van der Waals surface area contributed by atoms with E-state index in [0.29, 0.717) is 0 Å². The van der Waals surface area contributed by atoms with E-state index in [2.05, 4.69) is 0 Å². The van der Waals surface area contributed by atoms with Gasteiger partial charge in [-0.25, -0.2) is 0 Å². The van der Waals surface area contributed by atoms with Crippen molar-refractivity contribution >= 4 is 185 Å². The molecule has 0 spiro atoms. The summed E-state index contributed by atoms with van der Waals surface area (Å²) in [7, 11) is -14.0. The number of hydrogen-bond acceptors (Lipinski definition) is 6. The molecule has 0 unspecified atom stereocenters. The minimum absolute atomic E-state index is 0. The second-order valence-electron chi connectivity index (χ2n) is 1.34. The summed E-state index contributed by atoms with van der Waals surface area (Å²) in [5.74, 6) is 0. The molecule has 0 aliphatic carbocycles. The van der Waals surface area contributed by atoms with Crippen LogP contribution in [0, 0.1) is 0 Å². The summed E-state index contributed by atoms with van der Waals surface area (Å²) >= 11 is 0. The molecule has 12 nitrogen and oxygen atoms in total. The Bertz CT molecular complexity index is 343. The second kappa shape index (κ2) is 17.9. The standard InChI is InChI=1S/3K.3H2O4S.3H/c;;;3*1-5(2,3)4;;;/h;;;3*(H2,1,2,3,4);;;. The Balaban J connectivity index is -0.0000000277. The summed E-state index contributed by atoms with van der Waals surface area (Å²) in [5, 5.41) is 0. The molecule has 18 heavy (non-hydrogen) atoms. The van der Waals surface area contributed by atoms with Crippen LogP contribution in [-0.4, -0.2) is 207 Å². The normalized spacial score (nSPS) is 9.67. The van der Waals surface area contributed by atoms with Gasteiger partial charge in [-0.15, -0.1) is 0 Å². The van der Waals surface area contributed by atoms with E-state index in [1.54, 1.807) is 0 Å². The van der Waals surface area contributed by atoms with Crippen LogP contribution in [0.25, 0.3) is 0 Å². The molecular formula is H9K3O12S3. The first-order valence-electron chi connectivity index (χ1n) is 2.10. The molecule has 0 radical (unpaired) electrons. The van der Waals surface area contributed by atoms with Gasteiger partial charge in [0.25, 0.3) is 0 Å². The SMILES string of the molecule is O=S(=O)(O)O.O=S(=O)(O)O.O=S(=O)(O)O.[KH].[KH].[KH]. The molecule has 0 aliphatic rings. The van der Waals surface area contributed by atoms with E-state index in [0.717, 1.165) is 0 Å². The van der Waals surface area contributed by atoms with Gasteiger partial charge in [0, 0.05) is 0 Å². The predicted octanol–water partition coefficient (Wildman–Crippen LogP) is -3.90. The first-order valence-corrected chi connectivity index (χ1v) is 6.29. The fraction of sp³-hybridized carbons (Fsp3) is 0. The van der Waals surface area contributed by atoms with E-state index in [9.17, 15) is 0 Å². The average Bonchev–Trinajstić information content (AvgIpc) is 1.41. The van der Waals surface area contributed by atoms with Gasteiger partial charge in [-0.2, -0.15) is 25.3 Å². The monoisotopic (exact) mass is 414 g/mol. The van der Waals surface area contributed by atoms with Crippen LogP contribution in [0.3, 0.4) is 0 Å². The summed E-state index contributed by atoms with van der Waals surface area (Å²) in [6, 6.07) is 0. The van der Waals surface area contributed by atoms with Gasteiger partial charge in [0.15, 0.2) is 0 Å².